The third-order valence-corrected chi connectivity index (χ3v) is 4.57. The summed E-state index contributed by atoms with van der Waals surface area (Å²) in [5.41, 5.74) is 1.23. The molecule has 1 amide bonds. The molecule has 0 aliphatic heterocycles. The van der Waals surface area contributed by atoms with Gasteiger partial charge in [-0.25, -0.2) is 0 Å². The fraction of sp³-hybridized carbons (Fsp3) is 0.278. The third-order valence-electron chi connectivity index (χ3n) is 4.04. The van der Waals surface area contributed by atoms with Crippen LogP contribution in [0.4, 0.5) is 11.4 Å². The highest BCUT2D eigenvalue weighted by Gasteiger charge is 2.21. The molecule has 0 aromatic heterocycles. The molecule has 0 saturated heterocycles. The summed E-state index contributed by atoms with van der Waals surface area (Å²) in [4.78, 5) is 24.9. The summed E-state index contributed by atoms with van der Waals surface area (Å²) in [5.74, 6) is 0.0927. The number of likely N-dealkylation sites (N-methyl/N-ethyl adjacent to an activating group) is 1. The molecule has 0 radical (unpaired) electrons. The lowest BCUT2D eigenvalue weighted by Crippen LogP contribution is -2.39. The Bertz CT molecular complexity index is 796. The van der Waals surface area contributed by atoms with E-state index < -0.39 is 11.0 Å². The smallest absolute Gasteiger partial charge is 0.271 e. The van der Waals surface area contributed by atoms with E-state index in [4.69, 9.17) is 4.74 Å². The first-order valence-electron chi connectivity index (χ1n) is 7.89. The molecular weight excluding hydrogens is 402 g/mol. The number of amides is 1. The highest BCUT2D eigenvalue weighted by Crippen LogP contribution is 2.29. The predicted octanol–water partition coefficient (Wildman–Crippen LogP) is 3.82. The molecule has 0 heterocycles. The second kappa shape index (κ2) is 8.77. The Morgan fingerprint density at radius 3 is 2.54 bits per heavy atom. The normalized spacial score (nSPS) is 11.9. The van der Waals surface area contributed by atoms with Gasteiger partial charge < -0.3 is 10.1 Å². The molecule has 2 aromatic carbocycles. The molecule has 1 atom stereocenters. The lowest BCUT2D eigenvalue weighted by atomic mass is 10.2. The Labute approximate surface area is 160 Å². The number of methoxy groups -OCH3 is 1. The Kier molecular flexibility index (Phi) is 6.70. The van der Waals surface area contributed by atoms with Gasteiger partial charge in [0.25, 0.3) is 5.69 Å². The van der Waals surface area contributed by atoms with Gasteiger partial charge in [-0.05, 0) is 37.7 Å². The summed E-state index contributed by atoms with van der Waals surface area (Å²) >= 11 is 3.39. The van der Waals surface area contributed by atoms with Gasteiger partial charge in [0.05, 0.1) is 23.8 Å². The van der Waals surface area contributed by atoms with Gasteiger partial charge in [-0.2, -0.15) is 0 Å². The molecule has 0 unspecified atom stereocenters. The van der Waals surface area contributed by atoms with Crippen LogP contribution in [0.25, 0.3) is 0 Å². The highest BCUT2D eigenvalue weighted by molar-refractivity contribution is 9.10. The second-order valence-electron chi connectivity index (χ2n) is 5.85. The molecule has 0 saturated carbocycles. The van der Waals surface area contributed by atoms with E-state index in [2.05, 4.69) is 21.2 Å². The number of ether oxygens (including phenoxy) is 1. The molecular formula is C18H20BrN3O4. The number of halogens is 1. The van der Waals surface area contributed by atoms with Gasteiger partial charge in [-0.3, -0.25) is 19.8 Å². The highest BCUT2D eigenvalue weighted by atomic mass is 79.9. The van der Waals surface area contributed by atoms with Crippen LogP contribution in [0.15, 0.2) is 46.9 Å². The number of benzene rings is 2. The van der Waals surface area contributed by atoms with Crippen molar-refractivity contribution in [2.75, 3.05) is 19.5 Å². The number of nitro benzene ring substituents is 1. The van der Waals surface area contributed by atoms with Crippen LogP contribution in [0.5, 0.6) is 5.75 Å². The molecule has 8 heteroatoms. The number of rotatable bonds is 7. The third kappa shape index (κ3) is 5.03. The molecule has 0 aliphatic rings. The number of carbonyl (C=O) groups excluding carboxylic acids is 1. The fourth-order valence-corrected chi connectivity index (χ4v) is 2.62. The van der Waals surface area contributed by atoms with Crippen molar-refractivity contribution in [3.8, 4) is 5.75 Å². The largest absolute Gasteiger partial charge is 0.495 e. The van der Waals surface area contributed by atoms with Gasteiger partial charge in [-0.1, -0.05) is 28.1 Å². The van der Waals surface area contributed by atoms with Crippen LogP contribution >= 0.6 is 15.9 Å². The molecule has 0 aliphatic carbocycles. The van der Waals surface area contributed by atoms with Crippen molar-refractivity contribution in [1.29, 1.82) is 0 Å². The van der Waals surface area contributed by atoms with Crippen molar-refractivity contribution in [2.45, 2.75) is 19.5 Å². The van der Waals surface area contributed by atoms with Gasteiger partial charge in [0.15, 0.2) is 0 Å². The molecule has 26 heavy (non-hydrogen) atoms. The first-order chi connectivity index (χ1) is 12.3. The molecule has 1 N–H and O–H groups in total. The SMILES string of the molecule is COc1ccc([N+](=O)[O-])cc1NC(=O)[C@H](C)N(C)Cc1ccc(Br)cc1. The minimum atomic E-state index is -0.516. The number of nitro groups is 1. The van der Waals surface area contributed by atoms with E-state index in [0.717, 1.165) is 10.0 Å². The van der Waals surface area contributed by atoms with Crippen LogP contribution in [0.1, 0.15) is 12.5 Å². The zero-order valence-electron chi connectivity index (χ0n) is 14.7. The van der Waals surface area contributed by atoms with Crippen molar-refractivity contribution in [3.05, 3.63) is 62.6 Å². The van der Waals surface area contributed by atoms with E-state index in [1.807, 2.05) is 36.2 Å². The van der Waals surface area contributed by atoms with Gasteiger partial charge in [0.2, 0.25) is 5.91 Å². The summed E-state index contributed by atoms with van der Waals surface area (Å²) in [6, 6.07) is 11.5. The molecule has 0 fully saturated rings. The minimum absolute atomic E-state index is 0.114. The zero-order chi connectivity index (χ0) is 19.3. The number of hydrogen-bond acceptors (Lipinski definition) is 5. The monoisotopic (exact) mass is 421 g/mol. The Morgan fingerprint density at radius 1 is 1.31 bits per heavy atom. The Balaban J connectivity index is 2.09. The van der Waals surface area contributed by atoms with Crippen LogP contribution in [-0.4, -0.2) is 35.9 Å². The molecule has 138 valence electrons. The van der Waals surface area contributed by atoms with E-state index in [0.29, 0.717) is 12.3 Å². The van der Waals surface area contributed by atoms with E-state index >= 15 is 0 Å². The average molecular weight is 422 g/mol. The maximum absolute atomic E-state index is 12.6. The summed E-state index contributed by atoms with van der Waals surface area (Å²) in [6.45, 7) is 2.37. The quantitative estimate of drug-likeness (QED) is 0.542. The molecule has 2 rings (SSSR count). The van der Waals surface area contributed by atoms with Crippen LogP contribution < -0.4 is 10.1 Å². The number of hydrogen-bond donors (Lipinski definition) is 1. The predicted molar refractivity (Wildman–Crippen MR) is 103 cm³/mol. The number of non-ortho nitro benzene ring substituents is 1. The summed E-state index contributed by atoms with van der Waals surface area (Å²) < 4.78 is 6.17. The standard InChI is InChI=1S/C18H20BrN3O4/c1-12(21(2)11-13-4-6-14(19)7-5-13)18(23)20-16-10-15(22(24)25)8-9-17(16)26-3/h4-10,12H,11H2,1-3H3,(H,20,23)/t12-/m0/s1. The van der Waals surface area contributed by atoms with Gasteiger partial charge in [-0.15, -0.1) is 0 Å². The Morgan fingerprint density at radius 2 is 1.96 bits per heavy atom. The molecule has 7 nitrogen and oxygen atoms in total. The van der Waals surface area contributed by atoms with E-state index in [1.165, 1.54) is 25.3 Å². The Hall–Kier alpha value is -2.45. The molecule has 0 spiro atoms. The summed E-state index contributed by atoms with van der Waals surface area (Å²) in [6.07, 6.45) is 0. The maximum atomic E-state index is 12.6. The van der Waals surface area contributed by atoms with Crippen molar-refractivity contribution in [1.82, 2.24) is 4.90 Å². The van der Waals surface area contributed by atoms with E-state index in [1.54, 1.807) is 6.92 Å². The zero-order valence-corrected chi connectivity index (χ0v) is 16.3. The lowest BCUT2D eigenvalue weighted by molar-refractivity contribution is -0.384. The first-order valence-corrected chi connectivity index (χ1v) is 8.69. The van der Waals surface area contributed by atoms with Crippen LogP contribution in [0.3, 0.4) is 0 Å². The van der Waals surface area contributed by atoms with Crippen LogP contribution in [0, 0.1) is 10.1 Å². The van der Waals surface area contributed by atoms with Crippen molar-refractivity contribution < 1.29 is 14.5 Å². The van der Waals surface area contributed by atoms with Gasteiger partial charge in [0.1, 0.15) is 5.75 Å². The molecule has 2 aromatic rings. The first kappa shape index (κ1) is 19.9. The van der Waals surface area contributed by atoms with Crippen molar-refractivity contribution >= 4 is 33.2 Å². The van der Waals surface area contributed by atoms with E-state index in [9.17, 15) is 14.9 Å². The van der Waals surface area contributed by atoms with Crippen molar-refractivity contribution in [2.24, 2.45) is 0 Å². The van der Waals surface area contributed by atoms with Crippen molar-refractivity contribution in [3.63, 3.8) is 0 Å². The topological polar surface area (TPSA) is 84.7 Å². The summed E-state index contributed by atoms with van der Waals surface area (Å²) in [7, 11) is 3.29. The van der Waals surface area contributed by atoms with Gasteiger partial charge in [0, 0.05) is 23.2 Å². The number of nitrogens with one attached hydrogen (secondary N) is 1. The van der Waals surface area contributed by atoms with Crippen LogP contribution in [0.2, 0.25) is 0 Å². The minimum Gasteiger partial charge on any atom is -0.495 e. The van der Waals surface area contributed by atoms with Gasteiger partial charge >= 0.3 is 0 Å². The summed E-state index contributed by atoms with van der Waals surface area (Å²) in [5, 5.41) is 13.7. The fourth-order valence-electron chi connectivity index (χ4n) is 2.36. The number of nitrogens with zero attached hydrogens (tertiary/aromatic N) is 2. The number of anilines is 1. The second-order valence-corrected chi connectivity index (χ2v) is 6.76. The maximum Gasteiger partial charge on any atom is 0.271 e. The molecule has 0 bridgehead atoms. The number of carbonyl (C=O) groups is 1. The average Bonchev–Trinajstić information content (AvgIpc) is 2.62. The van der Waals surface area contributed by atoms with E-state index in [-0.39, 0.29) is 17.3 Å². The van der Waals surface area contributed by atoms with Crippen LogP contribution in [-0.2, 0) is 11.3 Å². The lowest BCUT2D eigenvalue weighted by Gasteiger charge is -2.24.